The number of nitrogens with zero attached hydrogens (tertiary/aromatic N) is 2. The summed E-state index contributed by atoms with van der Waals surface area (Å²) in [4.78, 5) is 48.0. The molecule has 2 saturated carbocycles. The second-order valence-electron chi connectivity index (χ2n) is 11.1. The van der Waals surface area contributed by atoms with Crippen LogP contribution in [0, 0.1) is 17.8 Å². The standard InChI is InChI=1S/C31H35N3O7S/c1-6-17-14-31(17,30(38)40-7-2)34-27(35)21-10-19(11-22(21)29(36)37)41-26-13-24(28-33-25(15-42-28)16(3)4)32-23-12-18(39-5)8-9-20(23)26/h6,8-9,12-13,15-17,19,21-22H,1,7,10-11,14H2,2-5H3,(H,34,35)(H,36,37). The molecule has 0 saturated heterocycles. The lowest BCUT2D eigenvalue weighted by Crippen LogP contribution is -2.49. The number of carboxylic acids is 1. The molecule has 2 aromatic heterocycles. The van der Waals surface area contributed by atoms with Crippen LogP contribution in [0.3, 0.4) is 0 Å². The van der Waals surface area contributed by atoms with E-state index in [1.807, 2.05) is 29.6 Å². The van der Waals surface area contributed by atoms with Gasteiger partial charge in [0.25, 0.3) is 0 Å². The summed E-state index contributed by atoms with van der Waals surface area (Å²) >= 11 is 1.49. The van der Waals surface area contributed by atoms with Gasteiger partial charge in [-0.15, -0.1) is 17.9 Å². The number of carbonyl (C=O) groups excluding carboxylic acids is 2. The molecule has 5 atom stereocenters. The smallest absolute Gasteiger partial charge is 0.332 e. The quantitative estimate of drug-likeness (QED) is 0.233. The molecule has 2 fully saturated rings. The number of ether oxygens (including phenoxy) is 3. The van der Waals surface area contributed by atoms with Crippen LogP contribution in [0.5, 0.6) is 11.5 Å². The average Bonchev–Trinajstić information content (AvgIpc) is 3.27. The fraction of sp³-hybridized carbons (Fsp3) is 0.452. The number of thiazole rings is 1. The molecule has 1 aromatic carbocycles. The summed E-state index contributed by atoms with van der Waals surface area (Å²) in [5.74, 6) is -2.82. The van der Waals surface area contributed by atoms with Crippen molar-refractivity contribution in [2.24, 2.45) is 17.8 Å². The summed E-state index contributed by atoms with van der Waals surface area (Å²) in [5.41, 5.74) is 1.04. The van der Waals surface area contributed by atoms with Gasteiger partial charge in [0.2, 0.25) is 5.91 Å². The average molecular weight is 594 g/mol. The molecule has 1 amide bonds. The summed E-state index contributed by atoms with van der Waals surface area (Å²) in [5, 5.41) is 16.3. The van der Waals surface area contributed by atoms with E-state index in [-0.39, 0.29) is 31.3 Å². The number of carboxylic acid groups (broad SMARTS) is 1. The van der Waals surface area contributed by atoms with E-state index in [4.69, 9.17) is 24.2 Å². The first-order chi connectivity index (χ1) is 20.1. The van der Waals surface area contributed by atoms with Crippen LogP contribution < -0.4 is 14.8 Å². The molecule has 2 aliphatic carbocycles. The van der Waals surface area contributed by atoms with Crippen LogP contribution in [-0.2, 0) is 19.1 Å². The van der Waals surface area contributed by atoms with Gasteiger partial charge in [0, 0.05) is 28.8 Å². The van der Waals surface area contributed by atoms with Crippen LogP contribution in [0.2, 0.25) is 0 Å². The second-order valence-corrected chi connectivity index (χ2v) is 12.0. The van der Waals surface area contributed by atoms with E-state index in [0.717, 1.165) is 16.1 Å². The Bertz CT molecular complexity index is 1540. The van der Waals surface area contributed by atoms with Gasteiger partial charge in [0.15, 0.2) is 0 Å². The topological polar surface area (TPSA) is 137 Å². The van der Waals surface area contributed by atoms with Gasteiger partial charge in [-0.1, -0.05) is 19.9 Å². The third-order valence-electron chi connectivity index (χ3n) is 8.06. The minimum atomic E-state index is -1.20. The van der Waals surface area contributed by atoms with Crippen molar-refractivity contribution in [3.63, 3.8) is 0 Å². The SMILES string of the molecule is C=CC1CC1(NC(=O)C1CC(Oc2cc(-c3nc(C(C)C)cs3)nc3cc(OC)ccc23)CC1C(=O)O)C(=O)OCC. The van der Waals surface area contributed by atoms with Gasteiger partial charge in [-0.3, -0.25) is 9.59 Å². The number of amides is 1. The fourth-order valence-corrected chi connectivity index (χ4v) is 6.52. The third-order valence-corrected chi connectivity index (χ3v) is 8.95. The number of esters is 1. The second kappa shape index (κ2) is 11.7. The van der Waals surface area contributed by atoms with Crippen molar-refractivity contribution < 1.29 is 33.7 Å². The maximum atomic E-state index is 13.5. The van der Waals surface area contributed by atoms with Gasteiger partial charge in [-0.25, -0.2) is 14.8 Å². The number of nitrogens with one attached hydrogen (secondary N) is 1. The van der Waals surface area contributed by atoms with Crippen molar-refractivity contribution in [1.29, 1.82) is 0 Å². The molecule has 2 aliphatic rings. The summed E-state index contributed by atoms with van der Waals surface area (Å²) in [6, 6.07) is 7.28. The van der Waals surface area contributed by atoms with Gasteiger partial charge >= 0.3 is 11.9 Å². The summed E-state index contributed by atoms with van der Waals surface area (Å²) in [6.45, 7) is 9.77. The van der Waals surface area contributed by atoms with Crippen molar-refractivity contribution >= 4 is 40.1 Å². The van der Waals surface area contributed by atoms with Gasteiger partial charge in [-0.2, -0.15) is 0 Å². The normalized spacial score (nSPS) is 24.8. The molecule has 0 aliphatic heterocycles. The van der Waals surface area contributed by atoms with Crippen LogP contribution in [0.1, 0.15) is 51.6 Å². The lowest BCUT2D eigenvalue weighted by molar-refractivity contribution is -0.150. The zero-order valence-electron chi connectivity index (χ0n) is 24.1. The summed E-state index contributed by atoms with van der Waals surface area (Å²) in [7, 11) is 1.58. The number of rotatable bonds is 11. The van der Waals surface area contributed by atoms with Gasteiger partial charge in [0.05, 0.1) is 36.8 Å². The van der Waals surface area contributed by atoms with Crippen molar-refractivity contribution in [3.8, 4) is 22.2 Å². The molecule has 10 nitrogen and oxygen atoms in total. The van der Waals surface area contributed by atoms with E-state index < -0.39 is 41.3 Å². The molecule has 0 radical (unpaired) electrons. The van der Waals surface area contributed by atoms with Crippen molar-refractivity contribution in [2.45, 2.75) is 57.6 Å². The number of aliphatic carboxylic acids is 1. The number of carbonyl (C=O) groups is 3. The first kappa shape index (κ1) is 29.5. The molecule has 222 valence electrons. The fourth-order valence-electron chi connectivity index (χ4n) is 5.58. The Labute approximate surface area is 248 Å². The molecule has 11 heteroatoms. The van der Waals surface area contributed by atoms with Crippen LogP contribution in [0.4, 0.5) is 0 Å². The lowest BCUT2D eigenvalue weighted by Gasteiger charge is -2.21. The van der Waals surface area contributed by atoms with E-state index in [1.165, 1.54) is 11.3 Å². The van der Waals surface area contributed by atoms with Crippen molar-refractivity contribution in [1.82, 2.24) is 15.3 Å². The molecular formula is C31H35N3O7S. The number of benzene rings is 1. The predicted molar refractivity (Wildman–Crippen MR) is 158 cm³/mol. The van der Waals surface area contributed by atoms with E-state index in [0.29, 0.717) is 29.1 Å². The molecule has 0 bridgehead atoms. The van der Waals surface area contributed by atoms with Crippen LogP contribution in [0.15, 0.2) is 42.3 Å². The van der Waals surface area contributed by atoms with Crippen molar-refractivity contribution in [2.75, 3.05) is 13.7 Å². The molecule has 2 N–H and O–H groups in total. The lowest BCUT2D eigenvalue weighted by atomic mass is 9.94. The van der Waals surface area contributed by atoms with Crippen LogP contribution in [0.25, 0.3) is 21.6 Å². The largest absolute Gasteiger partial charge is 0.497 e. The first-order valence-electron chi connectivity index (χ1n) is 14.1. The Balaban J connectivity index is 1.43. The zero-order valence-corrected chi connectivity index (χ0v) is 24.9. The Hall–Kier alpha value is -3.99. The van der Waals surface area contributed by atoms with Gasteiger partial charge in [-0.05, 0) is 44.2 Å². The maximum Gasteiger partial charge on any atom is 0.332 e. The number of hydrogen-bond acceptors (Lipinski definition) is 9. The minimum Gasteiger partial charge on any atom is -0.497 e. The molecule has 0 spiro atoms. The summed E-state index contributed by atoms with van der Waals surface area (Å²) < 4.78 is 17.1. The van der Waals surface area contributed by atoms with Gasteiger partial charge in [0.1, 0.15) is 33.8 Å². The molecule has 5 rings (SSSR count). The van der Waals surface area contributed by atoms with E-state index in [9.17, 15) is 19.5 Å². The molecular weight excluding hydrogens is 558 g/mol. The van der Waals surface area contributed by atoms with E-state index in [1.54, 1.807) is 20.1 Å². The van der Waals surface area contributed by atoms with Gasteiger partial charge < -0.3 is 24.6 Å². The van der Waals surface area contributed by atoms with E-state index in [2.05, 4.69) is 25.7 Å². The maximum absolute atomic E-state index is 13.5. The highest BCUT2D eigenvalue weighted by Gasteiger charge is 2.62. The Morgan fingerprint density at radius 2 is 1.98 bits per heavy atom. The third kappa shape index (κ3) is 5.57. The highest BCUT2D eigenvalue weighted by Crippen LogP contribution is 2.47. The predicted octanol–water partition coefficient (Wildman–Crippen LogP) is 4.97. The number of hydrogen-bond donors (Lipinski definition) is 2. The Morgan fingerprint density at radius 3 is 2.60 bits per heavy atom. The number of aromatic nitrogens is 2. The van der Waals surface area contributed by atoms with E-state index >= 15 is 0 Å². The number of fused-ring (bicyclic) bond motifs is 1. The van der Waals surface area contributed by atoms with Crippen LogP contribution >= 0.6 is 11.3 Å². The molecule has 5 unspecified atom stereocenters. The van der Waals surface area contributed by atoms with Crippen LogP contribution in [-0.4, -0.2) is 58.3 Å². The van der Waals surface area contributed by atoms with Crippen molar-refractivity contribution in [3.05, 3.63) is 48.0 Å². The first-order valence-corrected chi connectivity index (χ1v) is 14.9. The monoisotopic (exact) mass is 593 g/mol. The molecule has 42 heavy (non-hydrogen) atoms. The number of methoxy groups -OCH3 is 1. The summed E-state index contributed by atoms with van der Waals surface area (Å²) in [6.07, 6.45) is 1.73. The molecule has 3 aromatic rings. The molecule has 2 heterocycles. The highest BCUT2D eigenvalue weighted by molar-refractivity contribution is 7.13. The Morgan fingerprint density at radius 1 is 1.21 bits per heavy atom. The number of pyridine rings is 1. The minimum absolute atomic E-state index is 0.134. The zero-order chi connectivity index (χ0) is 30.2. The highest BCUT2D eigenvalue weighted by atomic mass is 32.1. The Kier molecular flexibility index (Phi) is 8.23.